The maximum Gasteiger partial charge on any atom is 0.239 e. The van der Waals surface area contributed by atoms with Gasteiger partial charge in [0.05, 0.1) is 13.2 Å². The average Bonchev–Trinajstić information content (AvgIpc) is 2.90. The Kier molecular flexibility index (Phi) is 4.12. The van der Waals surface area contributed by atoms with Gasteiger partial charge in [-0.2, -0.15) is 0 Å². The standard InChI is InChI=1S/C15H17ClN2O3/c16-11-1-3-12(4-2-11)18-6-5-13(15(18)20)14(19)17-7-9-21-10-8-17/h1-4,13H,5-10H2. The first-order valence-electron chi connectivity index (χ1n) is 7.10. The predicted molar refractivity (Wildman–Crippen MR) is 79.3 cm³/mol. The van der Waals surface area contributed by atoms with Crippen LogP contribution in [0.25, 0.3) is 0 Å². The zero-order chi connectivity index (χ0) is 14.8. The van der Waals surface area contributed by atoms with Crippen molar-refractivity contribution >= 4 is 29.1 Å². The number of benzene rings is 1. The summed E-state index contributed by atoms with van der Waals surface area (Å²) in [4.78, 5) is 28.3. The van der Waals surface area contributed by atoms with Crippen LogP contribution in [0.2, 0.25) is 5.02 Å². The van der Waals surface area contributed by atoms with E-state index < -0.39 is 5.92 Å². The molecule has 0 aliphatic carbocycles. The SMILES string of the molecule is O=C(C1CCN(c2ccc(Cl)cc2)C1=O)N1CCOCC1. The molecular weight excluding hydrogens is 292 g/mol. The Bertz CT molecular complexity index is 540. The number of anilines is 1. The summed E-state index contributed by atoms with van der Waals surface area (Å²) in [6.45, 7) is 2.81. The van der Waals surface area contributed by atoms with Crippen LogP contribution in [-0.2, 0) is 14.3 Å². The van der Waals surface area contributed by atoms with Gasteiger partial charge in [0.15, 0.2) is 0 Å². The third-order valence-corrected chi connectivity index (χ3v) is 4.22. The van der Waals surface area contributed by atoms with Gasteiger partial charge in [-0.3, -0.25) is 9.59 Å². The molecule has 2 aliphatic rings. The smallest absolute Gasteiger partial charge is 0.239 e. The van der Waals surface area contributed by atoms with E-state index >= 15 is 0 Å². The lowest BCUT2D eigenvalue weighted by atomic mass is 10.1. The quantitative estimate of drug-likeness (QED) is 0.779. The molecule has 0 saturated carbocycles. The molecule has 2 saturated heterocycles. The summed E-state index contributed by atoms with van der Waals surface area (Å²) in [6.07, 6.45) is 0.567. The minimum absolute atomic E-state index is 0.0697. The van der Waals surface area contributed by atoms with Gasteiger partial charge in [-0.1, -0.05) is 11.6 Å². The topological polar surface area (TPSA) is 49.9 Å². The van der Waals surface area contributed by atoms with E-state index in [2.05, 4.69) is 0 Å². The second-order valence-corrected chi connectivity index (χ2v) is 5.68. The zero-order valence-corrected chi connectivity index (χ0v) is 12.4. The van der Waals surface area contributed by atoms with Crippen LogP contribution in [-0.4, -0.2) is 49.6 Å². The van der Waals surface area contributed by atoms with Crippen LogP contribution < -0.4 is 4.90 Å². The van der Waals surface area contributed by atoms with E-state index in [0.717, 1.165) is 5.69 Å². The maximum absolute atomic E-state index is 12.5. The summed E-state index contributed by atoms with van der Waals surface area (Å²) in [6, 6.07) is 7.12. The van der Waals surface area contributed by atoms with Crippen molar-refractivity contribution in [3.8, 4) is 0 Å². The highest BCUT2D eigenvalue weighted by molar-refractivity contribution is 6.30. The van der Waals surface area contributed by atoms with Crippen LogP contribution >= 0.6 is 11.6 Å². The number of hydrogen-bond acceptors (Lipinski definition) is 3. The van der Waals surface area contributed by atoms with Gasteiger partial charge in [0.2, 0.25) is 11.8 Å². The molecular formula is C15H17ClN2O3. The third kappa shape index (κ3) is 2.89. The Balaban J connectivity index is 1.71. The number of carbonyl (C=O) groups is 2. The molecule has 0 aromatic heterocycles. The normalized spacial score (nSPS) is 22.7. The lowest BCUT2D eigenvalue weighted by Gasteiger charge is -2.28. The van der Waals surface area contributed by atoms with Crippen molar-refractivity contribution in [3.05, 3.63) is 29.3 Å². The van der Waals surface area contributed by atoms with E-state index in [0.29, 0.717) is 44.3 Å². The van der Waals surface area contributed by atoms with Gasteiger partial charge in [-0.05, 0) is 30.7 Å². The fourth-order valence-electron chi connectivity index (χ4n) is 2.79. The number of hydrogen-bond donors (Lipinski definition) is 0. The van der Waals surface area contributed by atoms with Gasteiger partial charge in [0, 0.05) is 30.3 Å². The van der Waals surface area contributed by atoms with Gasteiger partial charge < -0.3 is 14.5 Å². The summed E-state index contributed by atoms with van der Waals surface area (Å²) in [5.41, 5.74) is 0.793. The number of nitrogens with zero attached hydrogens (tertiary/aromatic N) is 2. The summed E-state index contributed by atoms with van der Waals surface area (Å²) >= 11 is 5.86. The average molecular weight is 309 g/mol. The number of rotatable bonds is 2. The molecule has 1 aromatic carbocycles. The first-order valence-corrected chi connectivity index (χ1v) is 7.48. The maximum atomic E-state index is 12.5. The second kappa shape index (κ2) is 6.03. The molecule has 2 amide bonds. The van der Waals surface area contributed by atoms with Crippen molar-refractivity contribution in [2.24, 2.45) is 5.92 Å². The van der Waals surface area contributed by atoms with Crippen LogP contribution in [0.5, 0.6) is 0 Å². The highest BCUT2D eigenvalue weighted by Gasteiger charge is 2.39. The number of amides is 2. The first-order chi connectivity index (χ1) is 10.2. The van der Waals surface area contributed by atoms with Crippen molar-refractivity contribution in [1.82, 2.24) is 4.90 Å². The van der Waals surface area contributed by atoms with E-state index in [1.807, 2.05) is 12.1 Å². The number of carbonyl (C=O) groups excluding carboxylic acids is 2. The Morgan fingerprint density at radius 2 is 1.81 bits per heavy atom. The van der Waals surface area contributed by atoms with Gasteiger partial charge in [-0.25, -0.2) is 0 Å². The van der Waals surface area contributed by atoms with Crippen LogP contribution in [0.1, 0.15) is 6.42 Å². The Labute approximate surface area is 128 Å². The lowest BCUT2D eigenvalue weighted by Crippen LogP contribution is -2.45. The van der Waals surface area contributed by atoms with Crippen LogP contribution in [0.4, 0.5) is 5.69 Å². The fourth-order valence-corrected chi connectivity index (χ4v) is 2.92. The molecule has 2 aliphatic heterocycles. The molecule has 0 spiro atoms. The highest BCUT2D eigenvalue weighted by Crippen LogP contribution is 2.27. The van der Waals surface area contributed by atoms with Crippen molar-refractivity contribution in [2.45, 2.75) is 6.42 Å². The summed E-state index contributed by atoms with van der Waals surface area (Å²) < 4.78 is 5.24. The molecule has 1 atom stereocenters. The molecule has 5 nitrogen and oxygen atoms in total. The van der Waals surface area contributed by atoms with Gasteiger partial charge >= 0.3 is 0 Å². The molecule has 2 fully saturated rings. The van der Waals surface area contributed by atoms with Gasteiger partial charge in [0.25, 0.3) is 0 Å². The van der Waals surface area contributed by atoms with E-state index in [1.165, 1.54) is 0 Å². The molecule has 0 radical (unpaired) electrons. The van der Waals surface area contributed by atoms with Crippen molar-refractivity contribution in [2.75, 3.05) is 37.7 Å². The molecule has 2 heterocycles. The largest absolute Gasteiger partial charge is 0.378 e. The van der Waals surface area contributed by atoms with Crippen LogP contribution in [0, 0.1) is 5.92 Å². The number of morpholine rings is 1. The summed E-state index contributed by atoms with van der Waals surface area (Å²) in [5.74, 6) is -0.743. The molecule has 0 N–H and O–H groups in total. The first kappa shape index (κ1) is 14.4. The Morgan fingerprint density at radius 1 is 1.14 bits per heavy atom. The van der Waals surface area contributed by atoms with E-state index in [1.54, 1.807) is 21.9 Å². The molecule has 3 rings (SSSR count). The molecule has 21 heavy (non-hydrogen) atoms. The second-order valence-electron chi connectivity index (χ2n) is 5.25. The Morgan fingerprint density at radius 3 is 2.48 bits per heavy atom. The molecule has 0 bridgehead atoms. The molecule has 1 aromatic rings. The molecule has 112 valence electrons. The third-order valence-electron chi connectivity index (χ3n) is 3.96. The van der Waals surface area contributed by atoms with E-state index in [4.69, 9.17) is 16.3 Å². The summed E-state index contributed by atoms with van der Waals surface area (Å²) in [5, 5.41) is 0.631. The van der Waals surface area contributed by atoms with Gasteiger partial charge in [-0.15, -0.1) is 0 Å². The zero-order valence-electron chi connectivity index (χ0n) is 11.6. The summed E-state index contributed by atoms with van der Waals surface area (Å²) in [7, 11) is 0. The van der Waals surface area contributed by atoms with Crippen molar-refractivity contribution in [3.63, 3.8) is 0 Å². The van der Waals surface area contributed by atoms with Gasteiger partial charge in [0.1, 0.15) is 5.92 Å². The van der Waals surface area contributed by atoms with Crippen molar-refractivity contribution < 1.29 is 14.3 Å². The van der Waals surface area contributed by atoms with E-state index in [-0.39, 0.29) is 11.8 Å². The monoisotopic (exact) mass is 308 g/mol. The fraction of sp³-hybridized carbons (Fsp3) is 0.467. The minimum atomic E-state index is -0.557. The van der Waals surface area contributed by atoms with Crippen molar-refractivity contribution in [1.29, 1.82) is 0 Å². The minimum Gasteiger partial charge on any atom is -0.378 e. The van der Waals surface area contributed by atoms with E-state index in [9.17, 15) is 9.59 Å². The predicted octanol–water partition coefficient (Wildman–Crippen LogP) is 1.55. The van der Waals surface area contributed by atoms with Crippen LogP contribution in [0.3, 0.4) is 0 Å². The Hall–Kier alpha value is -1.59. The molecule has 1 unspecified atom stereocenters. The van der Waals surface area contributed by atoms with Crippen LogP contribution in [0.15, 0.2) is 24.3 Å². The molecule has 6 heteroatoms. The number of ether oxygens (including phenoxy) is 1. The lowest BCUT2D eigenvalue weighted by molar-refractivity contribution is -0.143. The number of halogens is 1. The highest BCUT2D eigenvalue weighted by atomic mass is 35.5.